The number of piperidine rings is 3. The fourth-order valence-corrected chi connectivity index (χ4v) is 3.21. The first-order valence-electron chi connectivity index (χ1n) is 5.75. The van der Waals surface area contributed by atoms with Gasteiger partial charge in [0, 0.05) is 18.4 Å². The summed E-state index contributed by atoms with van der Waals surface area (Å²) in [4.78, 5) is 18.8. The first-order valence-corrected chi connectivity index (χ1v) is 5.75. The molecule has 3 saturated heterocycles. The standard InChI is InChI=1S/C11H16N2O3/c1-10-2-4-13(5-3-10)7-11(10)6-8(9(14)15)12-16-11/h2-7H2,1H3,(H,14,15). The second kappa shape index (κ2) is 2.97. The molecule has 5 nitrogen and oxygen atoms in total. The molecule has 5 heteroatoms. The zero-order valence-corrected chi connectivity index (χ0v) is 9.40. The van der Waals surface area contributed by atoms with Crippen molar-refractivity contribution in [3.63, 3.8) is 0 Å². The van der Waals surface area contributed by atoms with E-state index in [9.17, 15) is 4.79 Å². The fraction of sp³-hybridized carbons (Fsp3) is 0.818. The van der Waals surface area contributed by atoms with Crippen LogP contribution < -0.4 is 0 Å². The molecule has 4 aliphatic rings. The maximum absolute atomic E-state index is 10.9. The lowest BCUT2D eigenvalue weighted by Gasteiger charge is -2.56. The SMILES string of the molecule is CC12CCN(CC1)CC21CC(C(=O)O)=NO1. The van der Waals surface area contributed by atoms with Crippen molar-refractivity contribution < 1.29 is 14.7 Å². The van der Waals surface area contributed by atoms with Crippen LogP contribution in [0.25, 0.3) is 0 Å². The molecule has 0 aromatic carbocycles. The minimum Gasteiger partial charge on any atom is -0.477 e. The van der Waals surface area contributed by atoms with Gasteiger partial charge in [-0.2, -0.15) is 0 Å². The zero-order chi connectivity index (χ0) is 11.4. The molecule has 1 spiro atoms. The summed E-state index contributed by atoms with van der Waals surface area (Å²) in [5.41, 5.74) is -0.116. The molecule has 1 atom stereocenters. The molecule has 16 heavy (non-hydrogen) atoms. The number of carbonyl (C=O) groups is 1. The minimum atomic E-state index is -0.947. The van der Waals surface area contributed by atoms with Crippen molar-refractivity contribution in [3.8, 4) is 0 Å². The Morgan fingerprint density at radius 1 is 1.50 bits per heavy atom. The Morgan fingerprint density at radius 2 is 2.19 bits per heavy atom. The van der Waals surface area contributed by atoms with Gasteiger partial charge in [0.25, 0.3) is 0 Å². The van der Waals surface area contributed by atoms with Crippen molar-refractivity contribution >= 4 is 11.7 Å². The van der Waals surface area contributed by atoms with Gasteiger partial charge in [0.05, 0.1) is 0 Å². The maximum Gasteiger partial charge on any atom is 0.353 e. The van der Waals surface area contributed by atoms with Gasteiger partial charge in [-0.05, 0) is 25.9 Å². The number of nitrogens with zero attached hydrogens (tertiary/aromatic N) is 2. The van der Waals surface area contributed by atoms with Crippen molar-refractivity contribution in [1.29, 1.82) is 0 Å². The van der Waals surface area contributed by atoms with E-state index in [-0.39, 0.29) is 16.7 Å². The van der Waals surface area contributed by atoms with Crippen LogP contribution in [0.4, 0.5) is 0 Å². The molecule has 0 aromatic heterocycles. The lowest BCUT2D eigenvalue weighted by Crippen LogP contribution is -2.64. The summed E-state index contributed by atoms with van der Waals surface area (Å²) in [6.07, 6.45) is 2.61. The third kappa shape index (κ3) is 1.15. The van der Waals surface area contributed by atoms with Gasteiger partial charge in [-0.15, -0.1) is 0 Å². The quantitative estimate of drug-likeness (QED) is 0.712. The summed E-state index contributed by atoms with van der Waals surface area (Å²) in [5, 5.41) is 12.7. The molecule has 4 aliphatic heterocycles. The first-order chi connectivity index (χ1) is 7.55. The van der Waals surface area contributed by atoms with E-state index in [0.717, 1.165) is 32.5 Å². The molecule has 88 valence electrons. The van der Waals surface area contributed by atoms with Crippen LogP contribution in [0.3, 0.4) is 0 Å². The molecular weight excluding hydrogens is 208 g/mol. The Labute approximate surface area is 94.0 Å². The Bertz CT molecular complexity index is 371. The van der Waals surface area contributed by atoms with Crippen LogP contribution in [0.2, 0.25) is 0 Å². The van der Waals surface area contributed by atoms with Crippen molar-refractivity contribution in [1.82, 2.24) is 4.90 Å². The molecule has 4 rings (SSSR count). The van der Waals surface area contributed by atoms with Gasteiger partial charge < -0.3 is 9.94 Å². The van der Waals surface area contributed by atoms with E-state index in [1.807, 2.05) is 0 Å². The number of hydrogen-bond donors (Lipinski definition) is 1. The van der Waals surface area contributed by atoms with Crippen LogP contribution in [0, 0.1) is 5.41 Å². The third-order valence-corrected chi connectivity index (χ3v) is 4.57. The number of aliphatic carboxylic acids is 1. The van der Waals surface area contributed by atoms with Gasteiger partial charge in [-0.25, -0.2) is 4.79 Å². The predicted octanol–water partition coefficient (Wildman–Crippen LogP) is 0.702. The largest absolute Gasteiger partial charge is 0.477 e. The lowest BCUT2D eigenvalue weighted by molar-refractivity contribution is -0.183. The Balaban J connectivity index is 1.88. The molecule has 1 N–H and O–H groups in total. The average Bonchev–Trinajstić information content (AvgIpc) is 2.66. The van der Waals surface area contributed by atoms with E-state index in [1.54, 1.807) is 0 Å². The van der Waals surface area contributed by atoms with Crippen molar-refractivity contribution in [2.45, 2.75) is 31.8 Å². The third-order valence-electron chi connectivity index (χ3n) is 4.57. The second-order valence-electron chi connectivity index (χ2n) is 5.44. The molecule has 0 amide bonds. The lowest BCUT2D eigenvalue weighted by atomic mass is 9.62. The Morgan fingerprint density at radius 3 is 2.69 bits per heavy atom. The van der Waals surface area contributed by atoms with Gasteiger partial charge in [0.2, 0.25) is 0 Å². The number of fused-ring (bicyclic) bond motifs is 2. The molecule has 2 bridgehead atoms. The van der Waals surface area contributed by atoms with Gasteiger partial charge in [0.15, 0.2) is 11.3 Å². The summed E-state index contributed by atoms with van der Waals surface area (Å²) in [6, 6.07) is 0. The van der Waals surface area contributed by atoms with E-state index in [2.05, 4.69) is 17.0 Å². The predicted molar refractivity (Wildman–Crippen MR) is 57.3 cm³/mol. The van der Waals surface area contributed by atoms with Gasteiger partial charge in [0.1, 0.15) is 0 Å². The molecular formula is C11H16N2O3. The van der Waals surface area contributed by atoms with Gasteiger partial charge >= 0.3 is 5.97 Å². The molecule has 0 radical (unpaired) electrons. The molecule has 4 heterocycles. The maximum atomic E-state index is 10.9. The van der Waals surface area contributed by atoms with Crippen LogP contribution in [0.1, 0.15) is 26.2 Å². The highest BCUT2D eigenvalue weighted by Gasteiger charge is 2.60. The van der Waals surface area contributed by atoms with E-state index in [1.165, 1.54) is 0 Å². The Hall–Kier alpha value is -1.10. The first kappa shape index (κ1) is 10.1. The van der Waals surface area contributed by atoms with E-state index >= 15 is 0 Å². The van der Waals surface area contributed by atoms with E-state index in [4.69, 9.17) is 9.94 Å². The molecule has 0 aromatic rings. The molecule has 0 aliphatic carbocycles. The summed E-state index contributed by atoms with van der Waals surface area (Å²) in [5.74, 6) is -0.947. The van der Waals surface area contributed by atoms with Crippen molar-refractivity contribution in [3.05, 3.63) is 0 Å². The van der Waals surface area contributed by atoms with Crippen LogP contribution in [0.5, 0.6) is 0 Å². The highest BCUT2D eigenvalue weighted by molar-refractivity contribution is 6.36. The number of carboxylic acids is 1. The van der Waals surface area contributed by atoms with Crippen LogP contribution >= 0.6 is 0 Å². The molecule has 3 fully saturated rings. The summed E-state index contributed by atoms with van der Waals surface area (Å²) in [7, 11) is 0. The average molecular weight is 224 g/mol. The van der Waals surface area contributed by atoms with Gasteiger partial charge in [-0.3, -0.25) is 4.90 Å². The van der Waals surface area contributed by atoms with Crippen molar-refractivity contribution in [2.75, 3.05) is 19.6 Å². The summed E-state index contributed by atoms with van der Waals surface area (Å²) >= 11 is 0. The number of hydrogen-bond acceptors (Lipinski definition) is 4. The topological polar surface area (TPSA) is 62.1 Å². The van der Waals surface area contributed by atoms with E-state index in [0.29, 0.717) is 6.42 Å². The molecule has 1 unspecified atom stereocenters. The van der Waals surface area contributed by atoms with Crippen LogP contribution in [-0.4, -0.2) is 46.9 Å². The number of rotatable bonds is 1. The van der Waals surface area contributed by atoms with Crippen LogP contribution in [-0.2, 0) is 9.63 Å². The highest BCUT2D eigenvalue weighted by atomic mass is 16.7. The van der Waals surface area contributed by atoms with Gasteiger partial charge in [-0.1, -0.05) is 12.1 Å². The van der Waals surface area contributed by atoms with Crippen molar-refractivity contribution in [2.24, 2.45) is 10.6 Å². The normalized spacial score (nSPS) is 45.6. The second-order valence-corrected chi connectivity index (χ2v) is 5.44. The summed E-state index contributed by atoms with van der Waals surface area (Å²) < 4.78 is 0. The smallest absolute Gasteiger partial charge is 0.353 e. The van der Waals surface area contributed by atoms with E-state index < -0.39 is 5.97 Å². The zero-order valence-electron chi connectivity index (χ0n) is 9.40. The fourth-order valence-electron chi connectivity index (χ4n) is 3.21. The summed E-state index contributed by atoms with van der Waals surface area (Å²) in [6.45, 7) is 5.24. The Kier molecular flexibility index (Phi) is 1.87. The van der Waals surface area contributed by atoms with Crippen LogP contribution in [0.15, 0.2) is 5.16 Å². The minimum absolute atomic E-state index is 0.0858. The number of carboxylic acid groups (broad SMARTS) is 1. The number of oxime groups is 1. The molecule has 0 saturated carbocycles. The highest BCUT2D eigenvalue weighted by Crippen LogP contribution is 2.52. The monoisotopic (exact) mass is 224 g/mol.